The molecule has 5 rings (SSSR count). The average molecular weight is 615 g/mol. The topological polar surface area (TPSA) is 107 Å². The van der Waals surface area contributed by atoms with E-state index in [1.807, 2.05) is 39.0 Å². The minimum Gasteiger partial charge on any atom is -0.507 e. The predicted molar refractivity (Wildman–Crippen MR) is 171 cm³/mol. The van der Waals surface area contributed by atoms with E-state index in [0.717, 1.165) is 11.1 Å². The highest BCUT2D eigenvalue weighted by Gasteiger charge is 2.48. The second-order valence-corrected chi connectivity index (χ2v) is 10.8. The van der Waals surface area contributed by atoms with Gasteiger partial charge >= 0.3 is 5.91 Å². The molecule has 2 heterocycles. The molecule has 1 aliphatic heterocycles. The fraction of sp³-hybridized carbons (Fsp3) is 0.265. The number of thiazole rings is 1. The maximum absolute atomic E-state index is 13.8. The summed E-state index contributed by atoms with van der Waals surface area (Å²) in [6, 6.07) is 16.4. The summed E-state index contributed by atoms with van der Waals surface area (Å²) in [5, 5.41) is 11.9. The lowest BCUT2D eigenvalue weighted by atomic mass is 9.95. The van der Waals surface area contributed by atoms with E-state index in [1.165, 1.54) is 16.2 Å². The summed E-state index contributed by atoms with van der Waals surface area (Å²) in [7, 11) is 0. The number of benzene rings is 3. The van der Waals surface area contributed by atoms with Gasteiger partial charge in [-0.2, -0.15) is 0 Å². The molecule has 1 fully saturated rings. The van der Waals surface area contributed by atoms with Crippen molar-refractivity contribution in [1.82, 2.24) is 4.98 Å². The quantitative estimate of drug-likeness (QED) is 0.0737. The van der Waals surface area contributed by atoms with E-state index in [9.17, 15) is 14.7 Å². The van der Waals surface area contributed by atoms with Crippen LogP contribution < -0.4 is 23.8 Å². The van der Waals surface area contributed by atoms with E-state index in [4.69, 9.17) is 23.9 Å². The van der Waals surface area contributed by atoms with Crippen LogP contribution in [0, 0.1) is 0 Å². The summed E-state index contributed by atoms with van der Waals surface area (Å²) >= 11 is 1.26. The minimum absolute atomic E-state index is 0.0614. The zero-order valence-electron chi connectivity index (χ0n) is 24.9. The normalized spacial score (nSPS) is 15.9. The molecule has 1 aliphatic rings. The monoisotopic (exact) mass is 614 g/mol. The Kier molecular flexibility index (Phi) is 9.50. The van der Waals surface area contributed by atoms with Gasteiger partial charge in [0.2, 0.25) is 0 Å². The number of hydrogen-bond acceptors (Lipinski definition) is 9. The van der Waals surface area contributed by atoms with Crippen molar-refractivity contribution >= 4 is 44.1 Å². The van der Waals surface area contributed by atoms with E-state index in [2.05, 4.69) is 6.58 Å². The molecule has 0 radical (unpaired) electrons. The highest BCUT2D eigenvalue weighted by Crippen LogP contribution is 2.46. The van der Waals surface area contributed by atoms with Crippen molar-refractivity contribution in [2.45, 2.75) is 33.2 Å². The maximum atomic E-state index is 13.8. The number of Topliss-reactive ketones (excluding diaryl/α,β-unsaturated/α-hetero) is 1. The Hall–Kier alpha value is -4.83. The van der Waals surface area contributed by atoms with Gasteiger partial charge in [0.25, 0.3) is 5.78 Å². The molecule has 9 nitrogen and oxygen atoms in total. The first-order valence-electron chi connectivity index (χ1n) is 14.5. The Morgan fingerprint density at radius 2 is 1.68 bits per heavy atom. The largest absolute Gasteiger partial charge is 0.507 e. The van der Waals surface area contributed by atoms with Gasteiger partial charge < -0.3 is 24.1 Å². The Labute approximate surface area is 260 Å². The fourth-order valence-corrected chi connectivity index (χ4v) is 5.93. The van der Waals surface area contributed by atoms with Crippen LogP contribution in [0.25, 0.3) is 16.0 Å². The van der Waals surface area contributed by atoms with Crippen LogP contribution in [-0.4, -0.2) is 48.2 Å². The second-order valence-electron chi connectivity index (χ2n) is 9.84. The Morgan fingerprint density at radius 3 is 2.39 bits per heavy atom. The molecule has 1 aromatic heterocycles. The van der Waals surface area contributed by atoms with Crippen LogP contribution in [0.1, 0.15) is 44.4 Å². The van der Waals surface area contributed by atoms with E-state index < -0.39 is 17.7 Å². The second kappa shape index (κ2) is 13.6. The lowest BCUT2D eigenvalue weighted by Crippen LogP contribution is -2.29. The number of aromatic nitrogens is 1. The van der Waals surface area contributed by atoms with E-state index in [1.54, 1.807) is 48.5 Å². The first-order valence-corrected chi connectivity index (χ1v) is 15.3. The fourth-order valence-electron chi connectivity index (χ4n) is 4.91. The van der Waals surface area contributed by atoms with Gasteiger partial charge in [0.1, 0.15) is 23.9 Å². The van der Waals surface area contributed by atoms with Crippen molar-refractivity contribution in [3.8, 4) is 23.0 Å². The number of aliphatic hydroxyl groups excluding tert-OH is 1. The van der Waals surface area contributed by atoms with Crippen molar-refractivity contribution in [2.24, 2.45) is 0 Å². The van der Waals surface area contributed by atoms with Crippen LogP contribution in [0.2, 0.25) is 0 Å². The number of rotatable bonds is 13. The number of aliphatic hydroxyl groups is 1. The highest BCUT2D eigenvalue weighted by atomic mass is 32.1. The third kappa shape index (κ3) is 6.12. The number of amides is 1. The van der Waals surface area contributed by atoms with Crippen molar-refractivity contribution in [1.29, 1.82) is 0 Å². The third-order valence-corrected chi connectivity index (χ3v) is 7.87. The Morgan fingerprint density at radius 1 is 0.932 bits per heavy atom. The average Bonchev–Trinajstić information content (AvgIpc) is 3.57. The lowest BCUT2D eigenvalue weighted by Gasteiger charge is -2.24. The SMILES string of the molecule is C=CCOc1ccc(C2C(=C(O)c3ccc(OCCC)cc3)C(=O)C(=O)N2c2nc3ccc(OCC)cc3s2)cc1OCC. The number of ketones is 1. The summed E-state index contributed by atoms with van der Waals surface area (Å²) in [5.41, 5.74) is 1.50. The van der Waals surface area contributed by atoms with Crippen LogP contribution >= 0.6 is 11.3 Å². The summed E-state index contributed by atoms with van der Waals surface area (Å²) in [5.74, 6) is 0.308. The van der Waals surface area contributed by atoms with E-state index in [0.29, 0.717) is 64.6 Å². The van der Waals surface area contributed by atoms with Crippen LogP contribution in [0.15, 0.2) is 78.9 Å². The van der Waals surface area contributed by atoms with Gasteiger partial charge in [-0.15, -0.1) is 0 Å². The third-order valence-electron chi connectivity index (χ3n) is 6.85. The number of carbonyl (C=O) groups excluding carboxylic acids is 2. The van der Waals surface area contributed by atoms with Gasteiger partial charge in [-0.25, -0.2) is 4.98 Å². The molecule has 1 amide bonds. The van der Waals surface area contributed by atoms with Crippen molar-refractivity contribution < 1.29 is 33.6 Å². The maximum Gasteiger partial charge on any atom is 0.301 e. The number of nitrogens with zero attached hydrogens (tertiary/aromatic N) is 2. The van der Waals surface area contributed by atoms with Gasteiger partial charge in [0, 0.05) is 5.56 Å². The highest BCUT2D eigenvalue weighted by molar-refractivity contribution is 7.22. The number of anilines is 1. The van der Waals surface area contributed by atoms with Gasteiger partial charge in [-0.1, -0.05) is 37.0 Å². The van der Waals surface area contributed by atoms with Crippen LogP contribution in [0.4, 0.5) is 5.13 Å². The number of hydrogen-bond donors (Lipinski definition) is 1. The molecule has 1 atom stereocenters. The van der Waals surface area contributed by atoms with Gasteiger partial charge in [-0.05, 0) is 80.4 Å². The summed E-state index contributed by atoms with van der Waals surface area (Å²) in [6.45, 7) is 11.2. The molecule has 0 aliphatic carbocycles. The Balaban J connectivity index is 1.66. The molecule has 1 saturated heterocycles. The molecule has 0 bridgehead atoms. The summed E-state index contributed by atoms with van der Waals surface area (Å²) in [6.07, 6.45) is 2.48. The summed E-state index contributed by atoms with van der Waals surface area (Å²) < 4.78 is 23.8. The summed E-state index contributed by atoms with van der Waals surface area (Å²) in [4.78, 5) is 33.5. The van der Waals surface area contributed by atoms with Crippen LogP contribution in [0.5, 0.6) is 23.0 Å². The number of fused-ring (bicyclic) bond motifs is 1. The smallest absolute Gasteiger partial charge is 0.301 e. The van der Waals surface area contributed by atoms with Crippen molar-refractivity contribution in [3.05, 3.63) is 90.0 Å². The Bertz CT molecular complexity index is 1710. The zero-order valence-corrected chi connectivity index (χ0v) is 25.7. The zero-order chi connectivity index (χ0) is 31.2. The molecule has 4 aromatic rings. The number of ether oxygens (including phenoxy) is 4. The first kappa shape index (κ1) is 30.6. The van der Waals surface area contributed by atoms with Gasteiger partial charge in [-0.3, -0.25) is 14.5 Å². The molecular formula is C34H34N2O7S. The van der Waals surface area contributed by atoms with Gasteiger partial charge in [0.15, 0.2) is 16.6 Å². The lowest BCUT2D eigenvalue weighted by molar-refractivity contribution is -0.132. The van der Waals surface area contributed by atoms with Gasteiger partial charge in [0.05, 0.1) is 41.7 Å². The molecule has 1 unspecified atom stereocenters. The standard InChI is InChI=1S/C34H34N2O7S/c1-5-17-42-23-12-9-21(10-13-23)31(37)29-30(22-11-16-26(43-18-6-2)27(19-22)41-8-4)36(33(39)32(29)38)34-35-25-15-14-24(40-7-3)20-28(25)44-34/h6,9-16,19-20,30,37H,2,5,7-8,17-18H2,1,3-4H3. The van der Waals surface area contributed by atoms with E-state index in [-0.39, 0.29) is 17.9 Å². The van der Waals surface area contributed by atoms with Crippen molar-refractivity contribution in [3.63, 3.8) is 0 Å². The van der Waals surface area contributed by atoms with Crippen molar-refractivity contribution in [2.75, 3.05) is 31.3 Å². The molecule has 0 spiro atoms. The van der Waals surface area contributed by atoms with E-state index >= 15 is 0 Å². The molecular weight excluding hydrogens is 580 g/mol. The first-order chi connectivity index (χ1) is 21.4. The molecule has 0 saturated carbocycles. The molecule has 1 N–H and O–H groups in total. The number of carbonyl (C=O) groups is 2. The molecule has 3 aromatic carbocycles. The van der Waals surface area contributed by atoms with Crippen LogP contribution in [-0.2, 0) is 9.59 Å². The molecule has 228 valence electrons. The van der Waals surface area contributed by atoms with Crippen LogP contribution in [0.3, 0.4) is 0 Å². The predicted octanol–water partition coefficient (Wildman–Crippen LogP) is 7.07. The minimum atomic E-state index is -0.995. The molecule has 10 heteroatoms. The molecule has 44 heavy (non-hydrogen) atoms.